The van der Waals surface area contributed by atoms with E-state index < -0.39 is 0 Å². The molecule has 2 rings (SSSR count). The zero-order chi connectivity index (χ0) is 11.2. The minimum atomic E-state index is 0.853. The number of nitrogens with zero attached hydrogens (tertiary/aromatic N) is 2. The number of nitrogens with one attached hydrogen (secondary N) is 1. The molecule has 82 valence electrons. The van der Waals surface area contributed by atoms with Gasteiger partial charge in [-0.3, -0.25) is 5.01 Å². The average Bonchev–Trinajstić information content (AvgIpc) is 2.38. The molecule has 3 heteroatoms. The summed E-state index contributed by atoms with van der Waals surface area (Å²) in [6.07, 6.45) is 1.79. The van der Waals surface area contributed by atoms with Crippen LogP contribution in [0.15, 0.2) is 54.7 Å². The predicted octanol–water partition coefficient (Wildman–Crippen LogP) is 2.74. The number of anilines is 2. The van der Waals surface area contributed by atoms with Gasteiger partial charge in [-0.25, -0.2) is 10.4 Å². The highest BCUT2D eigenvalue weighted by Gasteiger charge is 2.07. The molecule has 0 unspecified atom stereocenters. The van der Waals surface area contributed by atoms with Crippen molar-refractivity contribution in [2.75, 3.05) is 11.6 Å². The maximum atomic E-state index is 4.34. The highest BCUT2D eigenvalue weighted by atomic mass is 15.5. The van der Waals surface area contributed by atoms with E-state index in [1.165, 1.54) is 0 Å². The number of benzene rings is 1. The van der Waals surface area contributed by atoms with Gasteiger partial charge < -0.3 is 0 Å². The third-order valence-electron chi connectivity index (χ3n) is 2.21. The van der Waals surface area contributed by atoms with E-state index >= 15 is 0 Å². The number of hydrogen-bond acceptors (Lipinski definition) is 3. The molecule has 1 N–H and O–H groups in total. The number of aromatic nitrogens is 1. The van der Waals surface area contributed by atoms with E-state index in [-0.39, 0.29) is 0 Å². The van der Waals surface area contributed by atoms with Crippen molar-refractivity contribution in [3.63, 3.8) is 0 Å². The molecule has 1 aromatic carbocycles. The van der Waals surface area contributed by atoms with Crippen LogP contribution in [0.1, 0.15) is 6.92 Å². The minimum absolute atomic E-state index is 0.853. The fourth-order valence-electron chi connectivity index (χ4n) is 1.53. The van der Waals surface area contributed by atoms with E-state index in [9.17, 15) is 0 Å². The number of pyridine rings is 1. The van der Waals surface area contributed by atoms with Crippen molar-refractivity contribution in [1.82, 2.24) is 10.4 Å². The first-order valence-electron chi connectivity index (χ1n) is 5.41. The first-order valence-corrected chi connectivity index (χ1v) is 5.41. The predicted molar refractivity (Wildman–Crippen MR) is 66.5 cm³/mol. The van der Waals surface area contributed by atoms with Crippen molar-refractivity contribution < 1.29 is 0 Å². The fourth-order valence-corrected chi connectivity index (χ4v) is 1.53. The van der Waals surface area contributed by atoms with Gasteiger partial charge in [-0.2, -0.15) is 0 Å². The topological polar surface area (TPSA) is 28.2 Å². The van der Waals surface area contributed by atoms with Crippen molar-refractivity contribution in [3.8, 4) is 0 Å². The Labute approximate surface area is 95.7 Å². The fraction of sp³-hybridized carbons (Fsp3) is 0.154. The zero-order valence-corrected chi connectivity index (χ0v) is 9.30. The first-order chi connectivity index (χ1) is 7.92. The lowest BCUT2D eigenvalue weighted by molar-refractivity contribution is 0.731. The largest absolute Gasteiger partial charge is 0.260 e. The van der Waals surface area contributed by atoms with Crippen LogP contribution < -0.4 is 10.4 Å². The Morgan fingerprint density at radius 2 is 1.81 bits per heavy atom. The SMILES string of the molecule is CCNN(c1ccccc1)c1ccccn1. The van der Waals surface area contributed by atoms with E-state index in [4.69, 9.17) is 0 Å². The molecular weight excluding hydrogens is 198 g/mol. The van der Waals surface area contributed by atoms with E-state index in [0.29, 0.717) is 0 Å². The molecule has 0 fully saturated rings. The van der Waals surface area contributed by atoms with Crippen LogP contribution >= 0.6 is 0 Å². The third-order valence-corrected chi connectivity index (χ3v) is 2.21. The molecule has 0 aliphatic carbocycles. The molecule has 0 atom stereocenters. The van der Waals surface area contributed by atoms with Crippen molar-refractivity contribution in [2.45, 2.75) is 6.92 Å². The maximum absolute atomic E-state index is 4.34. The summed E-state index contributed by atoms with van der Waals surface area (Å²) < 4.78 is 0. The molecule has 0 saturated carbocycles. The monoisotopic (exact) mass is 213 g/mol. The van der Waals surface area contributed by atoms with Crippen LogP contribution in [0, 0.1) is 0 Å². The molecule has 0 amide bonds. The Bertz CT molecular complexity index is 374. The first kappa shape index (κ1) is 10.6. The quantitative estimate of drug-likeness (QED) is 0.791. The van der Waals surface area contributed by atoms with Crippen LogP contribution in [0.3, 0.4) is 0 Å². The maximum Gasteiger partial charge on any atom is 0.147 e. The van der Waals surface area contributed by atoms with Gasteiger partial charge in [0.25, 0.3) is 0 Å². The van der Waals surface area contributed by atoms with Crippen molar-refractivity contribution in [3.05, 3.63) is 54.7 Å². The van der Waals surface area contributed by atoms with Crippen LogP contribution in [0.5, 0.6) is 0 Å². The molecule has 0 spiro atoms. The summed E-state index contributed by atoms with van der Waals surface area (Å²) >= 11 is 0. The van der Waals surface area contributed by atoms with E-state index in [0.717, 1.165) is 18.1 Å². The number of para-hydroxylation sites is 1. The average molecular weight is 213 g/mol. The summed E-state index contributed by atoms with van der Waals surface area (Å²) in [4.78, 5) is 4.34. The highest BCUT2D eigenvalue weighted by molar-refractivity contribution is 5.57. The van der Waals surface area contributed by atoms with Gasteiger partial charge in [0, 0.05) is 12.7 Å². The Morgan fingerprint density at radius 1 is 1.06 bits per heavy atom. The number of rotatable bonds is 4. The summed E-state index contributed by atoms with van der Waals surface area (Å²) in [6, 6.07) is 16.0. The second-order valence-electron chi connectivity index (χ2n) is 3.37. The zero-order valence-electron chi connectivity index (χ0n) is 9.30. The third kappa shape index (κ3) is 2.38. The second-order valence-corrected chi connectivity index (χ2v) is 3.37. The lowest BCUT2D eigenvalue weighted by atomic mass is 10.3. The number of hydrazine groups is 1. The smallest absolute Gasteiger partial charge is 0.147 e. The van der Waals surface area contributed by atoms with Crippen LogP contribution in [0.4, 0.5) is 11.5 Å². The van der Waals surface area contributed by atoms with Gasteiger partial charge in [0.2, 0.25) is 0 Å². The molecule has 0 aliphatic rings. The van der Waals surface area contributed by atoms with Gasteiger partial charge in [0.15, 0.2) is 0 Å². The summed E-state index contributed by atoms with van der Waals surface area (Å²) in [5, 5.41) is 1.99. The van der Waals surface area contributed by atoms with E-state index in [2.05, 4.69) is 29.5 Å². The highest BCUT2D eigenvalue weighted by Crippen LogP contribution is 2.19. The summed E-state index contributed by atoms with van der Waals surface area (Å²) in [7, 11) is 0. The second kappa shape index (κ2) is 5.28. The Kier molecular flexibility index (Phi) is 3.51. The van der Waals surface area contributed by atoms with Gasteiger partial charge >= 0.3 is 0 Å². The van der Waals surface area contributed by atoms with E-state index in [1.54, 1.807) is 6.20 Å². The normalized spacial score (nSPS) is 10.1. The van der Waals surface area contributed by atoms with Gasteiger partial charge in [0.1, 0.15) is 5.82 Å². The Morgan fingerprint density at radius 3 is 2.44 bits per heavy atom. The van der Waals surface area contributed by atoms with Crippen molar-refractivity contribution >= 4 is 11.5 Å². The summed E-state index contributed by atoms with van der Waals surface area (Å²) in [6.45, 7) is 2.92. The van der Waals surface area contributed by atoms with Crippen LogP contribution in [0.2, 0.25) is 0 Å². The number of hydrogen-bond donors (Lipinski definition) is 1. The lowest BCUT2D eigenvalue weighted by Gasteiger charge is -2.23. The molecule has 0 saturated heterocycles. The molecule has 16 heavy (non-hydrogen) atoms. The summed E-state index contributed by atoms with van der Waals surface area (Å²) in [5.74, 6) is 0.899. The Balaban J connectivity index is 2.31. The van der Waals surface area contributed by atoms with Crippen molar-refractivity contribution in [2.24, 2.45) is 0 Å². The molecule has 2 aromatic rings. The summed E-state index contributed by atoms with van der Waals surface area (Å²) in [5.41, 5.74) is 4.37. The molecule has 1 heterocycles. The molecule has 3 nitrogen and oxygen atoms in total. The molecule has 1 aromatic heterocycles. The lowest BCUT2D eigenvalue weighted by Crippen LogP contribution is -2.34. The Hall–Kier alpha value is -1.87. The molecule has 0 aliphatic heterocycles. The molecule has 0 radical (unpaired) electrons. The van der Waals surface area contributed by atoms with E-state index in [1.807, 2.05) is 41.4 Å². The minimum Gasteiger partial charge on any atom is -0.260 e. The van der Waals surface area contributed by atoms with Gasteiger partial charge in [-0.1, -0.05) is 31.2 Å². The van der Waals surface area contributed by atoms with Crippen LogP contribution in [-0.4, -0.2) is 11.5 Å². The standard InChI is InChI=1S/C13H15N3/c1-2-15-16(12-8-4-3-5-9-12)13-10-6-7-11-14-13/h3-11,15H,2H2,1H3. The van der Waals surface area contributed by atoms with Gasteiger partial charge in [0.05, 0.1) is 5.69 Å². The van der Waals surface area contributed by atoms with Crippen LogP contribution in [-0.2, 0) is 0 Å². The van der Waals surface area contributed by atoms with Crippen LogP contribution in [0.25, 0.3) is 0 Å². The molecular formula is C13H15N3. The van der Waals surface area contributed by atoms with Gasteiger partial charge in [-0.05, 0) is 24.3 Å². The molecule has 0 bridgehead atoms. The van der Waals surface area contributed by atoms with Gasteiger partial charge in [-0.15, -0.1) is 0 Å². The van der Waals surface area contributed by atoms with Crippen molar-refractivity contribution in [1.29, 1.82) is 0 Å².